The fourth-order valence-corrected chi connectivity index (χ4v) is 0.753. The van der Waals surface area contributed by atoms with Gasteiger partial charge < -0.3 is 14.2 Å². The van der Waals surface area contributed by atoms with E-state index in [1.54, 1.807) is 6.61 Å². The van der Waals surface area contributed by atoms with Gasteiger partial charge in [-0.2, -0.15) is 0 Å². The van der Waals surface area contributed by atoms with Crippen LogP contribution in [-0.2, 0) is 14.2 Å². The van der Waals surface area contributed by atoms with Crippen molar-refractivity contribution in [2.24, 2.45) is 0 Å². The SMILES string of the molecule is CCCCO[CH]COCCOCC. The molecule has 0 N–H and O–H groups in total. The molecule has 79 valence electrons. The molecule has 0 unspecified atom stereocenters. The number of ether oxygens (including phenoxy) is 3. The Morgan fingerprint density at radius 1 is 1.00 bits per heavy atom. The Morgan fingerprint density at radius 3 is 2.46 bits per heavy atom. The first-order valence-electron chi connectivity index (χ1n) is 5.00. The molecule has 0 saturated heterocycles. The predicted octanol–water partition coefficient (Wildman–Crippen LogP) is 2.02. The highest BCUT2D eigenvalue weighted by atomic mass is 16.5. The normalized spacial score (nSPS) is 10.6. The van der Waals surface area contributed by atoms with E-state index in [-0.39, 0.29) is 0 Å². The molecule has 0 fully saturated rings. The van der Waals surface area contributed by atoms with Gasteiger partial charge in [0.2, 0.25) is 0 Å². The molecular weight excluding hydrogens is 168 g/mol. The average Bonchev–Trinajstić information content (AvgIpc) is 2.16. The van der Waals surface area contributed by atoms with Crippen molar-refractivity contribution in [1.82, 2.24) is 0 Å². The molecule has 0 saturated carbocycles. The lowest BCUT2D eigenvalue weighted by atomic mass is 10.4. The second-order valence-corrected chi connectivity index (χ2v) is 2.66. The first-order valence-corrected chi connectivity index (χ1v) is 5.00. The van der Waals surface area contributed by atoms with Gasteiger partial charge in [0.1, 0.15) is 6.61 Å². The molecule has 0 aromatic heterocycles. The van der Waals surface area contributed by atoms with Crippen LogP contribution in [0.5, 0.6) is 0 Å². The predicted molar refractivity (Wildman–Crippen MR) is 52.5 cm³/mol. The standard InChI is InChI=1S/C10H21O3/c1-3-5-6-12-9-10-13-8-7-11-4-2/h9H,3-8,10H2,1-2H3. The third-order valence-electron chi connectivity index (χ3n) is 1.50. The van der Waals surface area contributed by atoms with Crippen LogP contribution >= 0.6 is 0 Å². The summed E-state index contributed by atoms with van der Waals surface area (Å²) in [6.45, 7) is 9.23. The highest BCUT2D eigenvalue weighted by molar-refractivity contribution is 4.47. The molecule has 3 nitrogen and oxygen atoms in total. The van der Waals surface area contributed by atoms with Crippen molar-refractivity contribution in [2.75, 3.05) is 33.0 Å². The van der Waals surface area contributed by atoms with Gasteiger partial charge in [-0.15, -0.1) is 0 Å². The average molecular weight is 189 g/mol. The monoisotopic (exact) mass is 189 g/mol. The summed E-state index contributed by atoms with van der Waals surface area (Å²) in [7, 11) is 0. The van der Waals surface area contributed by atoms with E-state index in [2.05, 4.69) is 6.92 Å². The lowest BCUT2D eigenvalue weighted by Crippen LogP contribution is -2.06. The van der Waals surface area contributed by atoms with Gasteiger partial charge >= 0.3 is 0 Å². The van der Waals surface area contributed by atoms with Gasteiger partial charge in [0.25, 0.3) is 0 Å². The van der Waals surface area contributed by atoms with Crippen LogP contribution in [0.15, 0.2) is 0 Å². The molecule has 0 rings (SSSR count). The van der Waals surface area contributed by atoms with Crippen molar-refractivity contribution in [3.63, 3.8) is 0 Å². The van der Waals surface area contributed by atoms with Crippen LogP contribution in [0.25, 0.3) is 0 Å². The van der Waals surface area contributed by atoms with E-state index < -0.39 is 0 Å². The zero-order chi connectivity index (χ0) is 9.78. The number of hydrogen-bond acceptors (Lipinski definition) is 3. The highest BCUT2D eigenvalue weighted by Gasteiger charge is 1.90. The van der Waals surface area contributed by atoms with Gasteiger partial charge in [-0.1, -0.05) is 13.3 Å². The van der Waals surface area contributed by atoms with Crippen LogP contribution in [0, 0.1) is 6.61 Å². The minimum absolute atomic E-state index is 0.552. The van der Waals surface area contributed by atoms with Crippen molar-refractivity contribution >= 4 is 0 Å². The van der Waals surface area contributed by atoms with E-state index >= 15 is 0 Å². The van der Waals surface area contributed by atoms with E-state index in [4.69, 9.17) is 14.2 Å². The Morgan fingerprint density at radius 2 is 1.77 bits per heavy atom. The van der Waals surface area contributed by atoms with Crippen molar-refractivity contribution in [1.29, 1.82) is 0 Å². The molecule has 0 atom stereocenters. The largest absolute Gasteiger partial charge is 0.379 e. The van der Waals surface area contributed by atoms with Crippen molar-refractivity contribution in [3.05, 3.63) is 6.61 Å². The third-order valence-corrected chi connectivity index (χ3v) is 1.50. The molecule has 0 aliphatic carbocycles. The maximum Gasteiger partial charge on any atom is 0.109 e. The molecule has 0 spiro atoms. The summed E-state index contributed by atoms with van der Waals surface area (Å²) in [5.41, 5.74) is 0. The van der Waals surface area contributed by atoms with E-state index in [9.17, 15) is 0 Å². The molecule has 0 bridgehead atoms. The molecule has 0 heterocycles. The molecule has 13 heavy (non-hydrogen) atoms. The summed E-state index contributed by atoms with van der Waals surface area (Å²) in [5.74, 6) is 0. The van der Waals surface area contributed by atoms with Gasteiger partial charge in [-0.05, 0) is 13.3 Å². The maximum absolute atomic E-state index is 5.21. The molecular formula is C10H21O3. The smallest absolute Gasteiger partial charge is 0.109 e. The van der Waals surface area contributed by atoms with Gasteiger partial charge in [-0.3, -0.25) is 0 Å². The van der Waals surface area contributed by atoms with Crippen LogP contribution in [0.4, 0.5) is 0 Å². The van der Waals surface area contributed by atoms with E-state index in [1.165, 1.54) is 6.42 Å². The quantitative estimate of drug-likeness (QED) is 0.492. The maximum atomic E-state index is 5.21. The summed E-state index contributed by atoms with van der Waals surface area (Å²) in [6.07, 6.45) is 2.27. The number of hydrogen-bond donors (Lipinski definition) is 0. The zero-order valence-electron chi connectivity index (χ0n) is 8.75. The Kier molecular flexibility index (Phi) is 11.8. The fourth-order valence-electron chi connectivity index (χ4n) is 0.753. The molecule has 0 aliphatic rings. The van der Waals surface area contributed by atoms with E-state index in [1.807, 2.05) is 6.92 Å². The van der Waals surface area contributed by atoms with E-state index in [0.29, 0.717) is 19.8 Å². The molecule has 0 amide bonds. The van der Waals surface area contributed by atoms with Crippen LogP contribution < -0.4 is 0 Å². The van der Waals surface area contributed by atoms with Crippen LogP contribution in [0.3, 0.4) is 0 Å². The molecule has 1 radical (unpaired) electrons. The number of unbranched alkanes of at least 4 members (excludes halogenated alkanes) is 1. The minimum atomic E-state index is 0.552. The van der Waals surface area contributed by atoms with Crippen molar-refractivity contribution in [3.8, 4) is 0 Å². The lowest BCUT2D eigenvalue weighted by molar-refractivity contribution is 0.0399. The Balaban J connectivity index is 2.76. The molecule has 3 heteroatoms. The Hall–Kier alpha value is -0.120. The van der Waals surface area contributed by atoms with Crippen molar-refractivity contribution < 1.29 is 14.2 Å². The summed E-state index contributed by atoms with van der Waals surface area (Å²) >= 11 is 0. The molecule has 0 aromatic rings. The van der Waals surface area contributed by atoms with Gasteiger partial charge in [0.05, 0.1) is 19.8 Å². The van der Waals surface area contributed by atoms with E-state index in [0.717, 1.165) is 19.6 Å². The number of rotatable bonds is 10. The van der Waals surface area contributed by atoms with Gasteiger partial charge in [0.15, 0.2) is 0 Å². The third kappa shape index (κ3) is 11.9. The first kappa shape index (κ1) is 12.9. The summed E-state index contributed by atoms with van der Waals surface area (Å²) in [5, 5.41) is 0. The zero-order valence-corrected chi connectivity index (χ0v) is 8.75. The fraction of sp³-hybridized carbons (Fsp3) is 0.900. The topological polar surface area (TPSA) is 27.7 Å². The second-order valence-electron chi connectivity index (χ2n) is 2.66. The van der Waals surface area contributed by atoms with Crippen LogP contribution in [0.1, 0.15) is 26.7 Å². The first-order chi connectivity index (χ1) is 6.41. The Bertz CT molecular complexity index is 76.2. The summed E-state index contributed by atoms with van der Waals surface area (Å²) in [4.78, 5) is 0. The lowest BCUT2D eigenvalue weighted by Gasteiger charge is -2.04. The minimum Gasteiger partial charge on any atom is -0.379 e. The molecule has 0 aromatic carbocycles. The van der Waals surface area contributed by atoms with Gasteiger partial charge in [-0.25, -0.2) is 0 Å². The Labute approximate surface area is 81.4 Å². The second kappa shape index (κ2) is 11.9. The van der Waals surface area contributed by atoms with Gasteiger partial charge in [0, 0.05) is 13.2 Å². The van der Waals surface area contributed by atoms with Crippen LogP contribution in [0.2, 0.25) is 0 Å². The van der Waals surface area contributed by atoms with Crippen LogP contribution in [-0.4, -0.2) is 33.0 Å². The summed E-state index contributed by atoms with van der Waals surface area (Å²) in [6, 6.07) is 0. The van der Waals surface area contributed by atoms with Crippen molar-refractivity contribution in [2.45, 2.75) is 26.7 Å². The summed E-state index contributed by atoms with van der Waals surface area (Å²) < 4.78 is 15.5. The highest BCUT2D eigenvalue weighted by Crippen LogP contribution is 1.90. The molecule has 0 aliphatic heterocycles.